The molecule has 2 N–H and O–H groups in total. The number of anilines is 2. The summed E-state index contributed by atoms with van der Waals surface area (Å²) in [6.45, 7) is 0.545. The van der Waals surface area contributed by atoms with E-state index in [9.17, 15) is 14.8 Å². The van der Waals surface area contributed by atoms with Gasteiger partial charge in [0.25, 0.3) is 11.8 Å². The van der Waals surface area contributed by atoms with Gasteiger partial charge in [-0.25, -0.2) is 0 Å². The first-order valence-electron chi connectivity index (χ1n) is 13.7. The molecular weight excluding hydrogens is 498 g/mol. The molecule has 1 spiro atoms. The summed E-state index contributed by atoms with van der Waals surface area (Å²) < 4.78 is 0. The number of para-hydroxylation sites is 1. The van der Waals surface area contributed by atoms with Crippen molar-refractivity contribution in [3.63, 3.8) is 0 Å². The van der Waals surface area contributed by atoms with Gasteiger partial charge < -0.3 is 15.4 Å². The molecule has 2 amide bonds. The first-order chi connectivity index (χ1) is 19.6. The molecule has 40 heavy (non-hydrogen) atoms. The summed E-state index contributed by atoms with van der Waals surface area (Å²) in [6, 6.07) is 32.5. The van der Waals surface area contributed by atoms with E-state index in [4.69, 9.17) is 0 Å². The fourth-order valence-electron chi connectivity index (χ4n) is 6.25. The number of hydrogen-bond donors (Lipinski definition) is 2. The Labute approximate surface area is 234 Å². The van der Waals surface area contributed by atoms with Gasteiger partial charge in [0.15, 0.2) is 0 Å². The lowest BCUT2D eigenvalue weighted by Crippen LogP contribution is -2.35. The maximum absolute atomic E-state index is 13.8. The average molecular weight is 530 g/mol. The highest BCUT2D eigenvalue weighted by atomic mass is 16.4. The normalized spacial score (nSPS) is 19.3. The van der Waals surface area contributed by atoms with Gasteiger partial charge >= 0.3 is 0 Å². The molecule has 200 valence electrons. The van der Waals surface area contributed by atoms with Gasteiger partial charge in [-0.3, -0.25) is 9.59 Å². The highest BCUT2D eigenvalue weighted by Crippen LogP contribution is 2.46. The standard InChI is InChI=1S/C34H31N3O3/c38-32(29-13-6-5-12-28(29)24-9-2-1-3-10-24)35-27-18-16-25(17-19-27)33(39)37-22-21-34(20-8-15-31(34)36-40)23-26-11-4-7-14-30(26)37/h1-7,9-14,16-19,40H,8,15,20-23H2,(H,35,38)/b36-31+. The first-order valence-corrected chi connectivity index (χ1v) is 13.7. The van der Waals surface area contributed by atoms with E-state index >= 15 is 0 Å². The SMILES string of the molecule is O=C(Nc1ccc(C(=O)N2CCC3(CCC/C3=N\O)Cc3ccccc32)cc1)c1ccccc1-c1ccccc1. The quantitative estimate of drug-likeness (QED) is 0.217. The van der Waals surface area contributed by atoms with Crippen LogP contribution in [0.25, 0.3) is 11.1 Å². The van der Waals surface area contributed by atoms with Crippen molar-refractivity contribution >= 4 is 28.9 Å². The Hall–Kier alpha value is -4.71. The van der Waals surface area contributed by atoms with Crippen molar-refractivity contribution in [1.29, 1.82) is 0 Å². The van der Waals surface area contributed by atoms with Crippen LogP contribution in [0.15, 0.2) is 108 Å². The number of hydrogen-bond acceptors (Lipinski definition) is 4. The molecule has 4 aromatic carbocycles. The zero-order valence-corrected chi connectivity index (χ0v) is 22.2. The highest BCUT2D eigenvalue weighted by molar-refractivity contribution is 6.10. The van der Waals surface area contributed by atoms with Gasteiger partial charge in [0.1, 0.15) is 0 Å². The number of fused-ring (bicyclic) bond motifs is 1. The van der Waals surface area contributed by atoms with Crippen molar-refractivity contribution in [2.24, 2.45) is 10.6 Å². The van der Waals surface area contributed by atoms with Crippen LogP contribution in [-0.4, -0.2) is 29.3 Å². The second kappa shape index (κ2) is 10.8. The largest absolute Gasteiger partial charge is 0.411 e. The van der Waals surface area contributed by atoms with E-state index in [2.05, 4.69) is 16.5 Å². The Kier molecular flexibility index (Phi) is 6.91. The summed E-state index contributed by atoms with van der Waals surface area (Å²) >= 11 is 0. The maximum atomic E-state index is 13.8. The summed E-state index contributed by atoms with van der Waals surface area (Å²) in [6.07, 6.45) is 4.28. The van der Waals surface area contributed by atoms with Crippen LogP contribution in [0.4, 0.5) is 11.4 Å². The van der Waals surface area contributed by atoms with Gasteiger partial charge in [-0.05, 0) is 85.2 Å². The van der Waals surface area contributed by atoms with Crippen LogP contribution >= 0.6 is 0 Å². The first kappa shape index (κ1) is 25.6. The van der Waals surface area contributed by atoms with Gasteiger partial charge in [-0.1, -0.05) is 71.9 Å². The number of oxime groups is 1. The number of nitrogens with one attached hydrogen (secondary N) is 1. The van der Waals surface area contributed by atoms with Crippen molar-refractivity contribution in [1.82, 2.24) is 0 Å². The second-order valence-electron chi connectivity index (χ2n) is 10.6. The summed E-state index contributed by atoms with van der Waals surface area (Å²) in [5.41, 5.74) is 6.24. The van der Waals surface area contributed by atoms with Crippen molar-refractivity contribution in [3.8, 4) is 11.1 Å². The number of carbonyl (C=O) groups excluding carboxylic acids is 2. The zero-order chi connectivity index (χ0) is 27.5. The minimum absolute atomic E-state index is 0.0858. The van der Waals surface area contributed by atoms with E-state index in [0.717, 1.165) is 60.2 Å². The monoisotopic (exact) mass is 529 g/mol. The molecule has 4 aromatic rings. The lowest BCUT2D eigenvalue weighted by atomic mass is 9.76. The van der Waals surface area contributed by atoms with Crippen LogP contribution in [0.5, 0.6) is 0 Å². The van der Waals surface area contributed by atoms with Crippen LogP contribution in [0.3, 0.4) is 0 Å². The fraction of sp³-hybridized carbons (Fsp3) is 0.206. The van der Waals surface area contributed by atoms with E-state index in [1.54, 1.807) is 24.3 Å². The summed E-state index contributed by atoms with van der Waals surface area (Å²) in [5.74, 6) is -0.291. The third kappa shape index (κ3) is 4.77. The Morgan fingerprint density at radius 2 is 1.55 bits per heavy atom. The predicted molar refractivity (Wildman–Crippen MR) is 158 cm³/mol. The van der Waals surface area contributed by atoms with E-state index in [0.29, 0.717) is 23.4 Å². The number of amides is 2. The second-order valence-corrected chi connectivity index (χ2v) is 10.6. The van der Waals surface area contributed by atoms with Gasteiger partial charge in [-0.15, -0.1) is 0 Å². The van der Waals surface area contributed by atoms with Crippen LogP contribution in [-0.2, 0) is 6.42 Å². The predicted octanol–water partition coefficient (Wildman–Crippen LogP) is 7.20. The summed E-state index contributed by atoms with van der Waals surface area (Å²) in [7, 11) is 0. The van der Waals surface area contributed by atoms with Gasteiger partial charge in [0.2, 0.25) is 0 Å². The summed E-state index contributed by atoms with van der Waals surface area (Å²) in [4.78, 5) is 28.8. The molecule has 0 bridgehead atoms. The maximum Gasteiger partial charge on any atom is 0.258 e. The van der Waals surface area contributed by atoms with Crippen molar-refractivity contribution in [2.75, 3.05) is 16.8 Å². The molecule has 6 heteroatoms. The molecule has 1 aliphatic heterocycles. The Morgan fingerprint density at radius 3 is 2.35 bits per heavy atom. The number of benzene rings is 4. The Bertz CT molecular complexity index is 1580. The average Bonchev–Trinajstić information content (AvgIpc) is 3.32. The van der Waals surface area contributed by atoms with Gasteiger partial charge in [-0.2, -0.15) is 0 Å². The molecule has 6 nitrogen and oxygen atoms in total. The molecule has 6 rings (SSSR count). The van der Waals surface area contributed by atoms with Crippen molar-refractivity contribution < 1.29 is 14.8 Å². The molecule has 1 saturated carbocycles. The molecule has 0 saturated heterocycles. The van der Waals surface area contributed by atoms with E-state index < -0.39 is 0 Å². The van der Waals surface area contributed by atoms with Crippen molar-refractivity contribution in [2.45, 2.75) is 32.1 Å². The molecule has 1 heterocycles. The van der Waals surface area contributed by atoms with Gasteiger partial charge in [0, 0.05) is 34.5 Å². The Morgan fingerprint density at radius 1 is 0.825 bits per heavy atom. The molecule has 1 unspecified atom stereocenters. The van der Waals surface area contributed by atoms with Gasteiger partial charge in [0.05, 0.1) is 5.71 Å². The lowest BCUT2D eigenvalue weighted by molar-refractivity contribution is 0.0984. The third-order valence-electron chi connectivity index (χ3n) is 8.32. The molecule has 0 aromatic heterocycles. The topological polar surface area (TPSA) is 82.0 Å². The van der Waals surface area contributed by atoms with Crippen molar-refractivity contribution in [3.05, 3.63) is 120 Å². The van der Waals surface area contributed by atoms with E-state index in [1.807, 2.05) is 77.7 Å². The Balaban J connectivity index is 1.22. The zero-order valence-electron chi connectivity index (χ0n) is 22.2. The smallest absolute Gasteiger partial charge is 0.258 e. The van der Waals surface area contributed by atoms with E-state index in [1.165, 1.54) is 0 Å². The lowest BCUT2D eigenvalue weighted by Gasteiger charge is -2.28. The van der Waals surface area contributed by atoms with Crippen LogP contribution in [0, 0.1) is 5.41 Å². The molecular formula is C34H31N3O3. The molecule has 1 aliphatic carbocycles. The minimum Gasteiger partial charge on any atom is -0.411 e. The molecule has 1 fully saturated rings. The van der Waals surface area contributed by atoms with E-state index in [-0.39, 0.29) is 17.2 Å². The minimum atomic E-state index is -0.205. The van der Waals surface area contributed by atoms with Crippen LogP contribution in [0.1, 0.15) is 52.0 Å². The highest BCUT2D eigenvalue weighted by Gasteiger charge is 2.43. The summed E-state index contributed by atoms with van der Waals surface area (Å²) in [5, 5.41) is 16.3. The van der Waals surface area contributed by atoms with Crippen LogP contribution in [0.2, 0.25) is 0 Å². The molecule has 0 radical (unpaired) electrons. The molecule has 2 aliphatic rings. The third-order valence-corrected chi connectivity index (χ3v) is 8.32. The number of rotatable bonds is 4. The molecule has 1 atom stereocenters. The number of carbonyl (C=O) groups is 2. The fourth-order valence-corrected chi connectivity index (χ4v) is 6.25. The number of nitrogens with zero attached hydrogens (tertiary/aromatic N) is 2. The van der Waals surface area contributed by atoms with Crippen LogP contribution < -0.4 is 10.2 Å².